The van der Waals surface area contributed by atoms with Gasteiger partial charge in [0.15, 0.2) is 0 Å². The van der Waals surface area contributed by atoms with E-state index < -0.39 is 11.9 Å². The quantitative estimate of drug-likeness (QED) is 0.770. The van der Waals surface area contributed by atoms with E-state index in [1.165, 1.54) is 0 Å². The lowest BCUT2D eigenvalue weighted by atomic mass is 9.87. The van der Waals surface area contributed by atoms with Gasteiger partial charge >= 0.3 is 11.9 Å². The number of fused-ring (bicyclic) bond motifs is 1. The van der Waals surface area contributed by atoms with Gasteiger partial charge in [-0.05, 0) is 60.6 Å². The number of aryl methyl sites for hydroxylation is 1. The Balaban J connectivity index is 1.87. The highest BCUT2D eigenvalue weighted by molar-refractivity contribution is 6.30. The summed E-state index contributed by atoms with van der Waals surface area (Å²) in [7, 11) is 0. The van der Waals surface area contributed by atoms with Crippen LogP contribution in [0.15, 0.2) is 47.5 Å². The van der Waals surface area contributed by atoms with Crippen molar-refractivity contribution in [1.82, 2.24) is 0 Å². The summed E-state index contributed by atoms with van der Waals surface area (Å²) in [5.74, 6) is -2.05. The molecule has 1 heterocycles. The smallest absolute Gasteiger partial charge is 0.335 e. The van der Waals surface area contributed by atoms with Gasteiger partial charge in [-0.2, -0.15) is 0 Å². The second kappa shape index (κ2) is 7.70. The minimum absolute atomic E-state index is 0.00265. The number of aliphatic carboxylic acids is 1. The number of aromatic carboxylic acids is 1. The van der Waals surface area contributed by atoms with Gasteiger partial charge < -0.3 is 10.2 Å². The molecule has 0 aromatic heterocycles. The van der Waals surface area contributed by atoms with Gasteiger partial charge in [0.2, 0.25) is 0 Å². The van der Waals surface area contributed by atoms with Gasteiger partial charge in [0, 0.05) is 10.7 Å². The number of benzene rings is 2. The van der Waals surface area contributed by atoms with E-state index >= 15 is 0 Å². The number of aliphatic imine (C=N–C) groups is 1. The summed E-state index contributed by atoms with van der Waals surface area (Å²) >= 11 is 5.92. The largest absolute Gasteiger partial charge is 0.481 e. The summed E-state index contributed by atoms with van der Waals surface area (Å²) in [6.45, 7) is 0. The molecule has 26 heavy (non-hydrogen) atoms. The third-order valence-electron chi connectivity index (χ3n) is 4.54. The number of rotatable bonds is 6. The maximum absolute atomic E-state index is 11.3. The Kier molecular flexibility index (Phi) is 5.38. The lowest BCUT2D eigenvalue weighted by Crippen LogP contribution is -2.14. The standard InChI is InChI=1S/C20H18ClNO4/c21-16-6-3-12(4-7-16)15(11-19(23)24)9-17-8-5-13-1-2-14(20(25)26)10-18(13)22-17/h1-4,6-7,10,15H,5,8-9,11H2,(H,23,24)(H,25,26). The summed E-state index contributed by atoms with van der Waals surface area (Å²) in [5, 5.41) is 19.0. The Bertz CT molecular complexity index is 874. The van der Waals surface area contributed by atoms with Crippen LogP contribution in [0.1, 0.15) is 46.7 Å². The molecule has 0 saturated heterocycles. The molecule has 2 aromatic carbocycles. The maximum Gasteiger partial charge on any atom is 0.335 e. The fourth-order valence-corrected chi connectivity index (χ4v) is 3.33. The Morgan fingerprint density at radius 3 is 2.46 bits per heavy atom. The minimum Gasteiger partial charge on any atom is -0.481 e. The lowest BCUT2D eigenvalue weighted by molar-refractivity contribution is -0.137. The first-order valence-corrected chi connectivity index (χ1v) is 8.70. The van der Waals surface area contributed by atoms with Crippen LogP contribution in [0.3, 0.4) is 0 Å². The van der Waals surface area contributed by atoms with Crippen LogP contribution in [0, 0.1) is 0 Å². The average molecular weight is 372 g/mol. The molecule has 3 rings (SSSR count). The summed E-state index contributed by atoms with van der Waals surface area (Å²) in [5.41, 5.74) is 3.68. The summed E-state index contributed by atoms with van der Waals surface area (Å²) in [6.07, 6.45) is 2.03. The van der Waals surface area contributed by atoms with E-state index in [0.717, 1.165) is 29.7 Å². The van der Waals surface area contributed by atoms with Crippen molar-refractivity contribution in [3.63, 3.8) is 0 Å². The van der Waals surface area contributed by atoms with Crippen molar-refractivity contribution in [2.24, 2.45) is 4.99 Å². The summed E-state index contributed by atoms with van der Waals surface area (Å²) in [6, 6.07) is 12.2. The van der Waals surface area contributed by atoms with Gasteiger partial charge in [-0.1, -0.05) is 29.8 Å². The molecule has 2 aromatic rings. The maximum atomic E-state index is 11.3. The number of nitrogens with zero attached hydrogens (tertiary/aromatic N) is 1. The van der Waals surface area contributed by atoms with E-state index in [1.54, 1.807) is 30.3 Å². The monoisotopic (exact) mass is 371 g/mol. The zero-order chi connectivity index (χ0) is 18.7. The molecule has 0 aliphatic carbocycles. The molecular formula is C20H18ClNO4. The van der Waals surface area contributed by atoms with E-state index in [2.05, 4.69) is 4.99 Å². The number of hydrogen-bond acceptors (Lipinski definition) is 3. The summed E-state index contributed by atoms with van der Waals surface area (Å²) in [4.78, 5) is 27.0. The van der Waals surface area contributed by atoms with Crippen molar-refractivity contribution in [2.75, 3.05) is 0 Å². The molecule has 0 radical (unpaired) electrons. The number of carboxylic acids is 2. The first-order chi connectivity index (χ1) is 12.4. The second-order valence-electron chi connectivity index (χ2n) is 6.38. The zero-order valence-corrected chi connectivity index (χ0v) is 14.7. The SMILES string of the molecule is O=C(O)CC(CC1=Nc2cc(C(=O)O)ccc2CC1)c1ccc(Cl)cc1. The van der Waals surface area contributed by atoms with Gasteiger partial charge in [-0.25, -0.2) is 4.79 Å². The molecule has 0 spiro atoms. The van der Waals surface area contributed by atoms with Crippen molar-refractivity contribution in [1.29, 1.82) is 0 Å². The van der Waals surface area contributed by atoms with Gasteiger partial charge in [-0.3, -0.25) is 9.79 Å². The highest BCUT2D eigenvalue weighted by atomic mass is 35.5. The van der Waals surface area contributed by atoms with Crippen LogP contribution in [0.5, 0.6) is 0 Å². The first-order valence-electron chi connectivity index (χ1n) is 8.32. The average Bonchev–Trinajstić information content (AvgIpc) is 2.60. The van der Waals surface area contributed by atoms with Gasteiger partial charge in [0.25, 0.3) is 0 Å². The molecule has 0 bridgehead atoms. The highest BCUT2D eigenvalue weighted by Crippen LogP contribution is 2.32. The Labute approximate surface area is 156 Å². The highest BCUT2D eigenvalue weighted by Gasteiger charge is 2.21. The molecule has 0 fully saturated rings. The van der Waals surface area contributed by atoms with E-state index in [4.69, 9.17) is 16.7 Å². The van der Waals surface area contributed by atoms with Gasteiger partial charge in [0.1, 0.15) is 0 Å². The minimum atomic E-state index is -0.986. The predicted octanol–water partition coefficient (Wildman–Crippen LogP) is 4.71. The normalized spacial score (nSPS) is 14.3. The molecule has 0 amide bonds. The van der Waals surface area contributed by atoms with Crippen molar-refractivity contribution in [3.05, 3.63) is 64.2 Å². The van der Waals surface area contributed by atoms with Crippen molar-refractivity contribution in [2.45, 2.75) is 31.6 Å². The molecule has 5 nitrogen and oxygen atoms in total. The Morgan fingerprint density at radius 2 is 1.81 bits per heavy atom. The molecule has 134 valence electrons. The van der Waals surface area contributed by atoms with Crippen LogP contribution in [0.4, 0.5) is 5.69 Å². The molecule has 6 heteroatoms. The third kappa shape index (κ3) is 4.29. The molecule has 1 atom stereocenters. The van der Waals surface area contributed by atoms with Crippen molar-refractivity contribution < 1.29 is 19.8 Å². The number of carbonyl (C=O) groups is 2. The molecule has 1 aliphatic rings. The van der Waals surface area contributed by atoms with Crippen LogP contribution >= 0.6 is 11.6 Å². The number of carboxylic acid groups (broad SMARTS) is 2. The molecule has 2 N–H and O–H groups in total. The summed E-state index contributed by atoms with van der Waals surface area (Å²) < 4.78 is 0. The lowest BCUT2D eigenvalue weighted by Gasteiger charge is -2.21. The fourth-order valence-electron chi connectivity index (χ4n) is 3.20. The Hall–Kier alpha value is -2.66. The first kappa shape index (κ1) is 18.1. The predicted molar refractivity (Wildman–Crippen MR) is 99.9 cm³/mol. The van der Waals surface area contributed by atoms with E-state index in [9.17, 15) is 14.7 Å². The third-order valence-corrected chi connectivity index (χ3v) is 4.79. The van der Waals surface area contributed by atoms with Gasteiger partial charge in [0.05, 0.1) is 17.7 Å². The van der Waals surface area contributed by atoms with Crippen LogP contribution in [-0.2, 0) is 11.2 Å². The molecule has 1 unspecified atom stereocenters. The number of halogens is 1. The number of hydrogen-bond donors (Lipinski definition) is 2. The zero-order valence-electron chi connectivity index (χ0n) is 14.0. The van der Waals surface area contributed by atoms with Gasteiger partial charge in [-0.15, -0.1) is 0 Å². The van der Waals surface area contributed by atoms with E-state index in [1.807, 2.05) is 12.1 Å². The van der Waals surface area contributed by atoms with Crippen LogP contribution in [-0.4, -0.2) is 27.9 Å². The van der Waals surface area contributed by atoms with Crippen molar-refractivity contribution >= 4 is 34.9 Å². The van der Waals surface area contributed by atoms with Crippen LogP contribution < -0.4 is 0 Å². The topological polar surface area (TPSA) is 87.0 Å². The fraction of sp³-hybridized carbons (Fsp3) is 0.250. The molecule has 1 aliphatic heterocycles. The van der Waals surface area contributed by atoms with Crippen molar-refractivity contribution in [3.8, 4) is 0 Å². The van der Waals surface area contributed by atoms with Crippen LogP contribution in [0.2, 0.25) is 5.02 Å². The Morgan fingerprint density at radius 1 is 1.08 bits per heavy atom. The second-order valence-corrected chi connectivity index (χ2v) is 6.81. The van der Waals surface area contributed by atoms with E-state index in [0.29, 0.717) is 17.1 Å². The molecular weight excluding hydrogens is 354 g/mol. The van der Waals surface area contributed by atoms with E-state index in [-0.39, 0.29) is 17.9 Å². The molecule has 0 saturated carbocycles. The van der Waals surface area contributed by atoms with Crippen LogP contribution in [0.25, 0.3) is 0 Å².